The smallest absolute Gasteiger partial charge is 0.252 e. The number of hydrogen-bond acceptors (Lipinski definition) is 4. The van der Waals surface area contributed by atoms with E-state index in [1.807, 2.05) is 30.6 Å². The van der Waals surface area contributed by atoms with E-state index in [1.54, 1.807) is 6.08 Å². The second-order valence-corrected chi connectivity index (χ2v) is 4.48. The minimum absolute atomic E-state index is 0.0530. The summed E-state index contributed by atoms with van der Waals surface area (Å²) in [5.74, 6) is 0.0118. The SMILES string of the molecule is C=CCn1c(C)cc(C(=O)Cn2cnc(C#N)n2)c1C. The number of Topliss-reactive ketones (excluding diaryl/α,β-unsaturated/α-hetero) is 1. The summed E-state index contributed by atoms with van der Waals surface area (Å²) >= 11 is 0. The minimum Gasteiger partial charge on any atom is -0.345 e. The predicted molar refractivity (Wildman–Crippen MR) is 73.2 cm³/mol. The number of carbonyl (C=O) groups excluding carboxylic acids is 1. The number of ketones is 1. The van der Waals surface area contributed by atoms with E-state index in [0.29, 0.717) is 12.1 Å². The molecule has 0 aliphatic heterocycles. The Kier molecular flexibility index (Phi) is 3.80. The van der Waals surface area contributed by atoms with Gasteiger partial charge in [0.05, 0.1) is 0 Å². The number of aryl methyl sites for hydroxylation is 1. The standard InChI is InChI=1S/C14H15N5O/c1-4-5-19-10(2)6-12(11(19)3)13(20)8-18-9-16-14(7-15)17-18/h4,6,9H,1,5,8H2,2-3H3. The maximum Gasteiger partial charge on any atom is 0.252 e. The molecule has 102 valence electrons. The van der Waals surface area contributed by atoms with Crippen molar-refractivity contribution in [3.63, 3.8) is 0 Å². The van der Waals surface area contributed by atoms with Crippen LogP contribution in [0.15, 0.2) is 25.0 Å². The summed E-state index contributed by atoms with van der Waals surface area (Å²) in [6.07, 6.45) is 3.18. The fourth-order valence-corrected chi connectivity index (χ4v) is 2.15. The number of carbonyl (C=O) groups is 1. The van der Waals surface area contributed by atoms with Crippen molar-refractivity contribution in [3.8, 4) is 6.07 Å². The van der Waals surface area contributed by atoms with Crippen molar-refractivity contribution >= 4 is 5.78 Å². The average Bonchev–Trinajstić information content (AvgIpc) is 2.98. The van der Waals surface area contributed by atoms with Crippen molar-refractivity contribution in [2.24, 2.45) is 0 Å². The van der Waals surface area contributed by atoms with Crippen LogP contribution in [0.3, 0.4) is 0 Å². The Morgan fingerprint density at radius 2 is 2.30 bits per heavy atom. The molecule has 0 radical (unpaired) electrons. The third-order valence-electron chi connectivity index (χ3n) is 3.13. The lowest BCUT2D eigenvalue weighted by molar-refractivity contribution is 0.0967. The first kappa shape index (κ1) is 13.7. The zero-order valence-electron chi connectivity index (χ0n) is 11.5. The summed E-state index contributed by atoms with van der Waals surface area (Å²) < 4.78 is 3.41. The number of aromatic nitrogens is 4. The second kappa shape index (κ2) is 5.53. The van der Waals surface area contributed by atoms with E-state index in [9.17, 15) is 4.79 Å². The zero-order chi connectivity index (χ0) is 14.7. The lowest BCUT2D eigenvalue weighted by Gasteiger charge is -2.06. The van der Waals surface area contributed by atoms with Gasteiger partial charge < -0.3 is 4.57 Å². The van der Waals surface area contributed by atoms with E-state index in [-0.39, 0.29) is 18.2 Å². The first-order valence-corrected chi connectivity index (χ1v) is 6.17. The van der Waals surface area contributed by atoms with Gasteiger partial charge >= 0.3 is 0 Å². The summed E-state index contributed by atoms with van der Waals surface area (Å²) in [5.41, 5.74) is 2.59. The van der Waals surface area contributed by atoms with E-state index in [2.05, 4.69) is 16.7 Å². The van der Waals surface area contributed by atoms with Gasteiger partial charge in [-0.05, 0) is 19.9 Å². The molecule has 6 heteroatoms. The molecule has 0 fully saturated rings. The van der Waals surface area contributed by atoms with Crippen LogP contribution in [0.25, 0.3) is 0 Å². The van der Waals surface area contributed by atoms with Crippen LogP contribution in [-0.2, 0) is 13.1 Å². The van der Waals surface area contributed by atoms with Gasteiger partial charge in [0, 0.05) is 23.5 Å². The first-order chi connectivity index (χ1) is 9.56. The highest BCUT2D eigenvalue weighted by Crippen LogP contribution is 2.16. The molecule has 0 amide bonds. The molecule has 0 atom stereocenters. The fourth-order valence-electron chi connectivity index (χ4n) is 2.15. The Labute approximate surface area is 117 Å². The van der Waals surface area contributed by atoms with Gasteiger partial charge in [0.15, 0.2) is 5.78 Å². The number of nitrogens with zero attached hydrogens (tertiary/aromatic N) is 5. The van der Waals surface area contributed by atoms with Gasteiger partial charge in [0.25, 0.3) is 5.82 Å². The van der Waals surface area contributed by atoms with E-state index in [4.69, 9.17) is 5.26 Å². The third kappa shape index (κ3) is 2.52. The minimum atomic E-state index is -0.0530. The van der Waals surface area contributed by atoms with Crippen LogP contribution in [-0.4, -0.2) is 25.1 Å². The molecule has 2 heterocycles. The molecule has 0 aromatic carbocycles. The van der Waals surface area contributed by atoms with Crippen LogP contribution in [0, 0.1) is 25.2 Å². The Bertz CT molecular complexity index is 702. The molecule has 0 aliphatic carbocycles. The molecule has 2 aromatic rings. The Hall–Kier alpha value is -2.68. The van der Waals surface area contributed by atoms with Crippen LogP contribution in [0.2, 0.25) is 0 Å². The maximum absolute atomic E-state index is 12.3. The quantitative estimate of drug-likeness (QED) is 0.610. The maximum atomic E-state index is 12.3. The Morgan fingerprint density at radius 1 is 1.55 bits per heavy atom. The number of hydrogen-bond donors (Lipinski definition) is 0. The van der Waals surface area contributed by atoms with Crippen LogP contribution >= 0.6 is 0 Å². The van der Waals surface area contributed by atoms with Gasteiger partial charge in [-0.1, -0.05) is 6.08 Å². The van der Waals surface area contributed by atoms with Crippen molar-refractivity contribution in [3.05, 3.63) is 47.8 Å². The summed E-state index contributed by atoms with van der Waals surface area (Å²) in [4.78, 5) is 16.1. The second-order valence-electron chi connectivity index (χ2n) is 4.48. The molecule has 2 rings (SSSR count). The molecule has 0 saturated heterocycles. The Balaban J connectivity index is 2.23. The van der Waals surface area contributed by atoms with Crippen LogP contribution in [0.1, 0.15) is 27.6 Å². The fraction of sp³-hybridized carbons (Fsp3) is 0.286. The third-order valence-corrected chi connectivity index (χ3v) is 3.13. The van der Waals surface area contributed by atoms with E-state index < -0.39 is 0 Å². The summed E-state index contributed by atoms with van der Waals surface area (Å²) in [6.45, 7) is 8.33. The van der Waals surface area contributed by atoms with Gasteiger partial charge in [-0.2, -0.15) is 5.26 Å². The van der Waals surface area contributed by atoms with E-state index in [0.717, 1.165) is 11.4 Å². The molecule has 0 N–H and O–H groups in total. The van der Waals surface area contributed by atoms with Crippen molar-refractivity contribution < 1.29 is 4.79 Å². The van der Waals surface area contributed by atoms with E-state index in [1.165, 1.54) is 11.0 Å². The van der Waals surface area contributed by atoms with E-state index >= 15 is 0 Å². The van der Waals surface area contributed by atoms with Crippen LogP contribution in [0.4, 0.5) is 0 Å². The van der Waals surface area contributed by atoms with Crippen molar-refractivity contribution in [2.45, 2.75) is 26.9 Å². The monoisotopic (exact) mass is 269 g/mol. The summed E-state index contributed by atoms with van der Waals surface area (Å²) in [5, 5.41) is 12.5. The number of rotatable bonds is 5. The molecule has 0 spiro atoms. The number of nitriles is 1. The largest absolute Gasteiger partial charge is 0.345 e. The first-order valence-electron chi connectivity index (χ1n) is 6.17. The molecule has 2 aromatic heterocycles. The topological polar surface area (TPSA) is 76.5 Å². The molecule has 0 saturated carbocycles. The van der Waals surface area contributed by atoms with Crippen molar-refractivity contribution in [1.29, 1.82) is 5.26 Å². The molecule has 20 heavy (non-hydrogen) atoms. The molecule has 0 unspecified atom stereocenters. The van der Waals surface area contributed by atoms with Crippen molar-refractivity contribution in [2.75, 3.05) is 0 Å². The van der Waals surface area contributed by atoms with Gasteiger partial charge in [0.1, 0.15) is 18.9 Å². The highest BCUT2D eigenvalue weighted by Gasteiger charge is 2.16. The van der Waals surface area contributed by atoms with Gasteiger partial charge in [-0.25, -0.2) is 9.67 Å². The molecule has 6 nitrogen and oxygen atoms in total. The lowest BCUT2D eigenvalue weighted by Crippen LogP contribution is -2.12. The normalized spacial score (nSPS) is 10.2. The summed E-state index contributed by atoms with van der Waals surface area (Å²) in [6, 6.07) is 3.70. The molecular weight excluding hydrogens is 254 g/mol. The zero-order valence-corrected chi connectivity index (χ0v) is 11.5. The predicted octanol–water partition coefficient (Wildman–Crippen LogP) is 1.64. The van der Waals surface area contributed by atoms with Gasteiger partial charge in [0.2, 0.25) is 0 Å². The van der Waals surface area contributed by atoms with Gasteiger partial charge in [-0.3, -0.25) is 4.79 Å². The van der Waals surface area contributed by atoms with Crippen LogP contribution in [0.5, 0.6) is 0 Å². The molecular formula is C14H15N5O. The summed E-state index contributed by atoms with van der Waals surface area (Å²) in [7, 11) is 0. The van der Waals surface area contributed by atoms with Gasteiger partial charge in [-0.15, -0.1) is 11.7 Å². The average molecular weight is 269 g/mol. The lowest BCUT2D eigenvalue weighted by atomic mass is 10.1. The van der Waals surface area contributed by atoms with Crippen molar-refractivity contribution in [1.82, 2.24) is 19.3 Å². The number of allylic oxidation sites excluding steroid dienone is 1. The highest BCUT2D eigenvalue weighted by atomic mass is 16.1. The highest BCUT2D eigenvalue weighted by molar-refractivity contribution is 5.97. The molecule has 0 aliphatic rings. The molecule has 0 bridgehead atoms. The Morgan fingerprint density at radius 3 is 2.90 bits per heavy atom. The van der Waals surface area contributed by atoms with Crippen LogP contribution < -0.4 is 0 Å².